The Kier molecular flexibility index (Phi) is 3.74. The van der Waals surface area contributed by atoms with Crippen molar-refractivity contribution in [1.29, 1.82) is 0 Å². The molecule has 0 atom stereocenters. The molecule has 1 saturated heterocycles. The highest BCUT2D eigenvalue weighted by atomic mass is 16.2. The van der Waals surface area contributed by atoms with Gasteiger partial charge in [-0.15, -0.1) is 0 Å². The number of hydrogen-bond donors (Lipinski definition) is 2. The van der Waals surface area contributed by atoms with Gasteiger partial charge in [0.25, 0.3) is 5.91 Å². The third-order valence-corrected chi connectivity index (χ3v) is 4.48. The number of carbonyl (C=O) groups is 1. The van der Waals surface area contributed by atoms with Gasteiger partial charge in [0.1, 0.15) is 5.69 Å². The molecule has 6 heteroatoms. The highest BCUT2D eigenvalue weighted by Crippen LogP contribution is 2.26. The monoisotopic (exact) mass is 321 g/mol. The van der Waals surface area contributed by atoms with Gasteiger partial charge in [-0.25, -0.2) is 4.98 Å². The molecule has 2 aromatic heterocycles. The van der Waals surface area contributed by atoms with Gasteiger partial charge >= 0.3 is 0 Å². The van der Waals surface area contributed by atoms with Crippen LogP contribution in [0.2, 0.25) is 0 Å². The maximum Gasteiger partial charge on any atom is 0.273 e. The van der Waals surface area contributed by atoms with Crippen LogP contribution < -0.4 is 5.32 Å². The standard InChI is InChI=1S/C18H19N5O/c1-23(11-12-6-19-7-12)18(24)17-10-21-16(9-22-17)14-8-20-15-5-3-2-4-13(14)15/h2-5,8-10,12,19-20H,6-7,11H2,1H3. The van der Waals surface area contributed by atoms with Crippen LogP contribution >= 0.6 is 0 Å². The first-order valence-electron chi connectivity index (χ1n) is 8.07. The number of benzene rings is 1. The van der Waals surface area contributed by atoms with Gasteiger partial charge in [-0.05, 0) is 6.07 Å². The van der Waals surface area contributed by atoms with Crippen LogP contribution in [0.4, 0.5) is 0 Å². The van der Waals surface area contributed by atoms with Gasteiger partial charge in [-0.1, -0.05) is 18.2 Å². The van der Waals surface area contributed by atoms with Crippen molar-refractivity contribution >= 4 is 16.8 Å². The molecule has 0 saturated carbocycles. The lowest BCUT2D eigenvalue weighted by Gasteiger charge is -2.31. The number of nitrogens with zero attached hydrogens (tertiary/aromatic N) is 3. The van der Waals surface area contributed by atoms with E-state index >= 15 is 0 Å². The first kappa shape index (κ1) is 14.8. The van der Waals surface area contributed by atoms with E-state index in [0.717, 1.165) is 41.8 Å². The van der Waals surface area contributed by atoms with Crippen LogP contribution in [0.3, 0.4) is 0 Å². The number of aromatic nitrogens is 3. The molecule has 0 unspecified atom stereocenters. The van der Waals surface area contributed by atoms with Crippen molar-refractivity contribution in [1.82, 2.24) is 25.2 Å². The summed E-state index contributed by atoms with van der Waals surface area (Å²) in [6.07, 6.45) is 5.16. The van der Waals surface area contributed by atoms with E-state index in [4.69, 9.17) is 0 Å². The Morgan fingerprint density at radius 2 is 2.08 bits per heavy atom. The molecule has 3 aromatic rings. The Hall–Kier alpha value is -2.73. The highest BCUT2D eigenvalue weighted by Gasteiger charge is 2.22. The lowest BCUT2D eigenvalue weighted by molar-refractivity contribution is 0.0749. The number of hydrogen-bond acceptors (Lipinski definition) is 4. The Morgan fingerprint density at radius 3 is 2.79 bits per heavy atom. The molecule has 4 rings (SSSR count). The van der Waals surface area contributed by atoms with Gasteiger partial charge in [0, 0.05) is 55.3 Å². The van der Waals surface area contributed by atoms with Crippen molar-refractivity contribution in [3.8, 4) is 11.3 Å². The van der Waals surface area contributed by atoms with E-state index in [0.29, 0.717) is 11.6 Å². The number of amides is 1. The summed E-state index contributed by atoms with van der Waals surface area (Å²) in [5, 5.41) is 4.31. The Labute approximate surface area is 139 Å². The molecule has 0 radical (unpaired) electrons. The van der Waals surface area contributed by atoms with Gasteiger partial charge < -0.3 is 15.2 Å². The van der Waals surface area contributed by atoms with Crippen molar-refractivity contribution < 1.29 is 4.79 Å². The smallest absolute Gasteiger partial charge is 0.273 e. The Bertz CT molecular complexity index is 867. The second kappa shape index (κ2) is 6.05. The fourth-order valence-corrected chi connectivity index (χ4v) is 3.00. The number of carbonyl (C=O) groups excluding carboxylic acids is 1. The molecular formula is C18H19N5O. The molecule has 0 bridgehead atoms. The maximum atomic E-state index is 12.4. The second-order valence-corrected chi connectivity index (χ2v) is 6.24. The van der Waals surface area contributed by atoms with E-state index in [1.54, 1.807) is 17.3 Å². The first-order chi connectivity index (χ1) is 11.7. The van der Waals surface area contributed by atoms with Crippen molar-refractivity contribution in [2.45, 2.75) is 0 Å². The summed E-state index contributed by atoms with van der Waals surface area (Å²) in [6, 6.07) is 8.05. The van der Waals surface area contributed by atoms with Gasteiger partial charge in [0.15, 0.2) is 0 Å². The van der Waals surface area contributed by atoms with Gasteiger partial charge in [0.05, 0.1) is 18.1 Å². The Morgan fingerprint density at radius 1 is 1.25 bits per heavy atom. The summed E-state index contributed by atoms with van der Waals surface area (Å²) in [6.45, 7) is 2.70. The number of para-hydroxylation sites is 1. The number of H-pyrrole nitrogens is 1. The van der Waals surface area contributed by atoms with E-state index in [1.807, 2.05) is 37.5 Å². The summed E-state index contributed by atoms with van der Waals surface area (Å²) >= 11 is 0. The van der Waals surface area contributed by atoms with Crippen LogP contribution in [0, 0.1) is 5.92 Å². The zero-order valence-corrected chi connectivity index (χ0v) is 13.5. The topological polar surface area (TPSA) is 73.9 Å². The third kappa shape index (κ3) is 2.65. The van der Waals surface area contributed by atoms with Gasteiger partial charge in [-0.3, -0.25) is 9.78 Å². The molecule has 1 aliphatic rings. The molecule has 1 aromatic carbocycles. The fraction of sp³-hybridized carbons (Fsp3) is 0.278. The summed E-state index contributed by atoms with van der Waals surface area (Å²) < 4.78 is 0. The normalized spacial score (nSPS) is 14.5. The van der Waals surface area contributed by atoms with Crippen molar-refractivity contribution in [2.75, 3.05) is 26.7 Å². The van der Waals surface area contributed by atoms with E-state index in [2.05, 4.69) is 20.3 Å². The fourth-order valence-electron chi connectivity index (χ4n) is 3.00. The predicted octanol–water partition coefficient (Wildman–Crippen LogP) is 1.92. The number of rotatable bonds is 4. The van der Waals surface area contributed by atoms with Crippen LogP contribution in [0.15, 0.2) is 42.9 Å². The molecular weight excluding hydrogens is 302 g/mol. The van der Waals surface area contributed by atoms with E-state index in [-0.39, 0.29) is 5.91 Å². The number of nitrogens with one attached hydrogen (secondary N) is 2. The molecule has 24 heavy (non-hydrogen) atoms. The van der Waals surface area contributed by atoms with Crippen molar-refractivity contribution in [3.63, 3.8) is 0 Å². The number of fused-ring (bicyclic) bond motifs is 1. The average molecular weight is 321 g/mol. The highest BCUT2D eigenvalue weighted by molar-refractivity contribution is 5.95. The van der Waals surface area contributed by atoms with Crippen LogP contribution in [0.5, 0.6) is 0 Å². The maximum absolute atomic E-state index is 12.4. The van der Waals surface area contributed by atoms with Crippen molar-refractivity contribution in [2.24, 2.45) is 5.92 Å². The minimum atomic E-state index is -0.0834. The average Bonchev–Trinajstić information content (AvgIpc) is 3.01. The van der Waals surface area contributed by atoms with Gasteiger partial charge in [0.2, 0.25) is 0 Å². The summed E-state index contributed by atoms with van der Waals surface area (Å²) in [7, 11) is 1.82. The third-order valence-electron chi connectivity index (χ3n) is 4.48. The van der Waals surface area contributed by atoms with E-state index in [9.17, 15) is 4.79 Å². The molecule has 6 nitrogen and oxygen atoms in total. The summed E-state index contributed by atoms with van der Waals surface area (Å²) in [5.74, 6) is 0.456. The second-order valence-electron chi connectivity index (χ2n) is 6.24. The molecule has 1 fully saturated rings. The molecule has 1 aliphatic heterocycles. The van der Waals surface area contributed by atoms with Crippen LogP contribution in [-0.2, 0) is 0 Å². The van der Waals surface area contributed by atoms with Crippen LogP contribution in [0.1, 0.15) is 10.5 Å². The van der Waals surface area contributed by atoms with Crippen LogP contribution in [-0.4, -0.2) is 52.4 Å². The van der Waals surface area contributed by atoms with Crippen LogP contribution in [0.25, 0.3) is 22.2 Å². The molecule has 2 N–H and O–H groups in total. The summed E-state index contributed by atoms with van der Waals surface area (Å²) in [5.41, 5.74) is 3.19. The Balaban J connectivity index is 1.55. The molecule has 3 heterocycles. The molecule has 0 aliphatic carbocycles. The lowest BCUT2D eigenvalue weighted by Crippen LogP contribution is -2.48. The first-order valence-corrected chi connectivity index (χ1v) is 8.07. The quantitative estimate of drug-likeness (QED) is 0.770. The molecule has 1 amide bonds. The van der Waals surface area contributed by atoms with Gasteiger partial charge in [-0.2, -0.15) is 0 Å². The van der Waals surface area contributed by atoms with E-state index < -0.39 is 0 Å². The zero-order chi connectivity index (χ0) is 16.5. The SMILES string of the molecule is CN(CC1CNC1)C(=O)c1cnc(-c2c[nH]c3ccccc23)cn1. The molecule has 0 spiro atoms. The van der Waals surface area contributed by atoms with E-state index in [1.165, 1.54) is 0 Å². The largest absolute Gasteiger partial charge is 0.360 e. The summed E-state index contributed by atoms with van der Waals surface area (Å²) in [4.78, 5) is 26.2. The predicted molar refractivity (Wildman–Crippen MR) is 92.6 cm³/mol. The number of aromatic amines is 1. The minimum absolute atomic E-state index is 0.0834. The molecule has 122 valence electrons. The zero-order valence-electron chi connectivity index (χ0n) is 13.5. The van der Waals surface area contributed by atoms with Crippen molar-refractivity contribution in [3.05, 3.63) is 48.5 Å². The lowest BCUT2D eigenvalue weighted by atomic mass is 10.0. The minimum Gasteiger partial charge on any atom is -0.360 e.